The van der Waals surface area contributed by atoms with Gasteiger partial charge in [0, 0.05) is 32.2 Å². The van der Waals surface area contributed by atoms with Crippen LogP contribution in [0.1, 0.15) is 19.4 Å². The monoisotopic (exact) mass is 313 g/mol. The van der Waals surface area contributed by atoms with E-state index in [0.717, 1.165) is 35.8 Å². The molecule has 23 heavy (non-hydrogen) atoms. The van der Waals surface area contributed by atoms with Crippen LogP contribution in [0.5, 0.6) is 0 Å². The third-order valence-corrected chi connectivity index (χ3v) is 4.32. The number of hydrogen-bond acceptors (Lipinski definition) is 4. The molecule has 1 N–H and O–H groups in total. The van der Waals surface area contributed by atoms with Crippen LogP contribution in [0.4, 0.5) is 17.2 Å². The molecule has 2 heterocycles. The summed E-state index contributed by atoms with van der Waals surface area (Å²) in [4.78, 5) is 16.5. The van der Waals surface area contributed by atoms with Crippen LogP contribution in [0.3, 0.4) is 0 Å². The van der Waals surface area contributed by atoms with Crippen LogP contribution in [0.25, 0.3) is 0 Å². The fraction of sp³-hybridized carbons (Fsp3) is 0.412. The Morgan fingerprint density at radius 2 is 2.04 bits per heavy atom. The predicted octanol–water partition coefficient (Wildman–Crippen LogP) is 2.35. The second kappa shape index (κ2) is 6.32. The minimum atomic E-state index is 0.150. The Morgan fingerprint density at radius 3 is 2.78 bits per heavy atom. The van der Waals surface area contributed by atoms with E-state index in [-0.39, 0.29) is 5.91 Å². The maximum Gasteiger partial charge on any atom is 0.242 e. The summed E-state index contributed by atoms with van der Waals surface area (Å²) >= 11 is 0. The van der Waals surface area contributed by atoms with Crippen LogP contribution in [-0.4, -0.2) is 40.2 Å². The van der Waals surface area contributed by atoms with Crippen molar-refractivity contribution in [2.24, 2.45) is 7.05 Å². The molecule has 0 radical (unpaired) electrons. The molecule has 0 saturated heterocycles. The molecular weight excluding hydrogens is 290 g/mol. The summed E-state index contributed by atoms with van der Waals surface area (Å²) < 4.78 is 1.84. The van der Waals surface area contributed by atoms with Crippen molar-refractivity contribution in [2.75, 3.05) is 29.9 Å². The molecule has 0 spiro atoms. The Balaban J connectivity index is 1.94. The fourth-order valence-corrected chi connectivity index (χ4v) is 3.01. The first-order valence-corrected chi connectivity index (χ1v) is 8.03. The van der Waals surface area contributed by atoms with Gasteiger partial charge in [0.25, 0.3) is 0 Å². The lowest BCUT2D eigenvalue weighted by Gasteiger charge is -2.27. The molecule has 1 aliphatic rings. The number of anilines is 3. The SMILES string of the molecule is CCN(CC)C(=O)CN1Cc2cnn(C)c2Nc2ccccc21. The summed E-state index contributed by atoms with van der Waals surface area (Å²) in [7, 11) is 1.92. The number of carbonyl (C=O) groups is 1. The van der Waals surface area contributed by atoms with E-state index >= 15 is 0 Å². The molecule has 0 saturated carbocycles. The van der Waals surface area contributed by atoms with E-state index in [1.807, 2.05) is 54.9 Å². The number of rotatable bonds is 4. The highest BCUT2D eigenvalue weighted by Gasteiger charge is 2.24. The minimum absolute atomic E-state index is 0.150. The van der Waals surface area contributed by atoms with Crippen LogP contribution in [0.15, 0.2) is 30.5 Å². The molecule has 2 aromatic rings. The van der Waals surface area contributed by atoms with E-state index in [0.29, 0.717) is 13.1 Å². The second-order valence-electron chi connectivity index (χ2n) is 5.71. The van der Waals surface area contributed by atoms with Crippen molar-refractivity contribution in [1.29, 1.82) is 0 Å². The first-order valence-electron chi connectivity index (χ1n) is 8.03. The Hall–Kier alpha value is -2.50. The Kier molecular flexibility index (Phi) is 4.23. The zero-order chi connectivity index (χ0) is 16.4. The maximum atomic E-state index is 12.6. The van der Waals surface area contributed by atoms with E-state index in [1.165, 1.54) is 0 Å². The van der Waals surface area contributed by atoms with Crippen LogP contribution < -0.4 is 10.2 Å². The Morgan fingerprint density at radius 1 is 1.30 bits per heavy atom. The van der Waals surface area contributed by atoms with Crippen LogP contribution in [-0.2, 0) is 18.4 Å². The number of nitrogens with one attached hydrogen (secondary N) is 1. The molecule has 1 aliphatic heterocycles. The highest BCUT2D eigenvalue weighted by molar-refractivity contribution is 5.85. The number of fused-ring (bicyclic) bond motifs is 2. The predicted molar refractivity (Wildman–Crippen MR) is 91.9 cm³/mol. The zero-order valence-corrected chi connectivity index (χ0v) is 13.9. The van der Waals surface area contributed by atoms with Gasteiger partial charge < -0.3 is 15.1 Å². The van der Waals surface area contributed by atoms with Crippen molar-refractivity contribution in [3.63, 3.8) is 0 Å². The Labute approximate surface area is 136 Å². The molecule has 6 heteroatoms. The van der Waals surface area contributed by atoms with Gasteiger partial charge in [-0.2, -0.15) is 5.10 Å². The number of para-hydroxylation sites is 2. The van der Waals surface area contributed by atoms with E-state index < -0.39 is 0 Å². The van der Waals surface area contributed by atoms with Gasteiger partial charge in [-0.05, 0) is 26.0 Å². The van der Waals surface area contributed by atoms with E-state index in [9.17, 15) is 4.79 Å². The number of hydrogen-bond donors (Lipinski definition) is 1. The van der Waals surface area contributed by atoms with Crippen molar-refractivity contribution in [1.82, 2.24) is 14.7 Å². The van der Waals surface area contributed by atoms with Gasteiger partial charge in [0.15, 0.2) is 0 Å². The van der Waals surface area contributed by atoms with Gasteiger partial charge >= 0.3 is 0 Å². The topological polar surface area (TPSA) is 53.4 Å². The van der Waals surface area contributed by atoms with Crippen LogP contribution >= 0.6 is 0 Å². The van der Waals surface area contributed by atoms with Crippen molar-refractivity contribution in [3.05, 3.63) is 36.0 Å². The molecule has 0 unspecified atom stereocenters. The van der Waals surface area contributed by atoms with Gasteiger partial charge in [-0.3, -0.25) is 9.48 Å². The average molecular weight is 313 g/mol. The lowest BCUT2D eigenvalue weighted by molar-refractivity contribution is -0.129. The molecule has 0 atom stereocenters. The van der Waals surface area contributed by atoms with Crippen molar-refractivity contribution >= 4 is 23.1 Å². The standard InChI is InChI=1S/C17H23N5O/c1-4-21(5-2)16(23)12-22-11-13-10-18-20(3)17(13)19-14-8-6-7-9-15(14)22/h6-10,19H,4-5,11-12H2,1-3H3. The Bertz CT molecular complexity index is 705. The highest BCUT2D eigenvalue weighted by atomic mass is 16.2. The average Bonchev–Trinajstić information content (AvgIpc) is 2.81. The van der Waals surface area contributed by atoms with Gasteiger partial charge in [-0.15, -0.1) is 0 Å². The number of aryl methyl sites for hydroxylation is 1. The summed E-state index contributed by atoms with van der Waals surface area (Å²) in [5, 5.41) is 7.77. The van der Waals surface area contributed by atoms with Crippen molar-refractivity contribution < 1.29 is 4.79 Å². The third kappa shape index (κ3) is 2.88. The zero-order valence-electron chi connectivity index (χ0n) is 13.9. The smallest absolute Gasteiger partial charge is 0.242 e. The van der Waals surface area contributed by atoms with Crippen LogP contribution in [0.2, 0.25) is 0 Å². The molecule has 1 aromatic carbocycles. The molecule has 6 nitrogen and oxygen atoms in total. The van der Waals surface area contributed by atoms with E-state index in [1.54, 1.807) is 0 Å². The van der Waals surface area contributed by atoms with Crippen molar-refractivity contribution in [3.8, 4) is 0 Å². The van der Waals surface area contributed by atoms with Gasteiger partial charge in [-0.25, -0.2) is 0 Å². The van der Waals surface area contributed by atoms with Crippen LogP contribution in [0, 0.1) is 0 Å². The molecule has 0 bridgehead atoms. The lowest BCUT2D eigenvalue weighted by atomic mass is 10.2. The molecule has 0 aliphatic carbocycles. The number of carbonyl (C=O) groups excluding carboxylic acids is 1. The van der Waals surface area contributed by atoms with E-state index in [4.69, 9.17) is 0 Å². The van der Waals surface area contributed by atoms with Crippen molar-refractivity contribution in [2.45, 2.75) is 20.4 Å². The third-order valence-electron chi connectivity index (χ3n) is 4.32. The minimum Gasteiger partial charge on any atom is -0.356 e. The summed E-state index contributed by atoms with van der Waals surface area (Å²) in [6.07, 6.45) is 1.86. The first kappa shape index (κ1) is 15.4. The fourth-order valence-electron chi connectivity index (χ4n) is 3.01. The second-order valence-corrected chi connectivity index (χ2v) is 5.71. The number of aromatic nitrogens is 2. The van der Waals surface area contributed by atoms with Gasteiger partial charge in [0.2, 0.25) is 5.91 Å². The highest BCUT2D eigenvalue weighted by Crippen LogP contribution is 2.35. The van der Waals surface area contributed by atoms with Gasteiger partial charge in [0.05, 0.1) is 24.1 Å². The number of amides is 1. The number of nitrogens with zero attached hydrogens (tertiary/aromatic N) is 4. The normalized spacial score (nSPS) is 12.9. The van der Waals surface area contributed by atoms with Gasteiger partial charge in [-0.1, -0.05) is 12.1 Å². The molecule has 1 amide bonds. The maximum absolute atomic E-state index is 12.6. The molecular formula is C17H23N5O. The molecule has 1 aromatic heterocycles. The van der Waals surface area contributed by atoms with E-state index in [2.05, 4.69) is 21.4 Å². The van der Waals surface area contributed by atoms with Gasteiger partial charge in [0.1, 0.15) is 5.82 Å². The molecule has 122 valence electrons. The molecule has 3 rings (SSSR count). The number of likely N-dealkylation sites (N-methyl/N-ethyl adjacent to an activating group) is 1. The summed E-state index contributed by atoms with van der Waals surface area (Å²) in [6, 6.07) is 8.09. The summed E-state index contributed by atoms with van der Waals surface area (Å²) in [6.45, 7) is 6.54. The largest absolute Gasteiger partial charge is 0.356 e. The lowest BCUT2D eigenvalue weighted by Crippen LogP contribution is -2.40. The number of benzene rings is 1. The summed E-state index contributed by atoms with van der Waals surface area (Å²) in [5.41, 5.74) is 3.14. The summed E-state index contributed by atoms with van der Waals surface area (Å²) in [5.74, 6) is 1.13. The molecule has 0 fully saturated rings. The quantitative estimate of drug-likeness (QED) is 0.941. The first-order chi connectivity index (χ1) is 11.1.